The van der Waals surface area contributed by atoms with E-state index in [0.717, 1.165) is 12.5 Å². The van der Waals surface area contributed by atoms with Gasteiger partial charge in [-0.3, -0.25) is 4.90 Å². The molecule has 4 rings (SSSR count). The maximum absolute atomic E-state index is 14.9. The van der Waals surface area contributed by atoms with Crippen molar-refractivity contribution in [3.63, 3.8) is 0 Å². The lowest BCUT2D eigenvalue weighted by Gasteiger charge is -2.40. The van der Waals surface area contributed by atoms with E-state index in [1.807, 2.05) is 4.90 Å². The van der Waals surface area contributed by atoms with Crippen LogP contribution in [0, 0.1) is 11.7 Å². The highest BCUT2D eigenvalue weighted by atomic mass is 19.4. The number of halogens is 4. The summed E-state index contributed by atoms with van der Waals surface area (Å²) in [5.74, 6) is 0.685. The summed E-state index contributed by atoms with van der Waals surface area (Å²) in [6.07, 6.45) is -3.51. The first-order valence-corrected chi connectivity index (χ1v) is 11.4. The van der Waals surface area contributed by atoms with E-state index < -0.39 is 17.8 Å². The third-order valence-corrected chi connectivity index (χ3v) is 6.14. The fraction of sp³-hybridized carbons (Fsp3) is 0.458. The molecule has 0 radical (unpaired) electrons. The Balaban J connectivity index is 1.58. The molecule has 0 N–H and O–H groups in total. The number of hydrogen-bond acceptors (Lipinski definition) is 5. The largest absolute Gasteiger partial charge is 0.416 e. The Hall–Kier alpha value is -3.01. The van der Waals surface area contributed by atoms with Crippen LogP contribution in [0.1, 0.15) is 43.3 Å². The number of aryl methyl sites for hydroxylation is 1. The summed E-state index contributed by atoms with van der Waals surface area (Å²) in [5.41, 5.74) is 0.343. The normalized spacial score (nSPS) is 16.3. The second-order valence-corrected chi connectivity index (χ2v) is 8.94. The number of aromatic nitrogens is 4. The van der Waals surface area contributed by atoms with E-state index in [1.54, 1.807) is 28.9 Å². The van der Waals surface area contributed by atoms with Gasteiger partial charge in [-0.05, 0) is 47.0 Å². The topological polar surface area (TPSA) is 50.1 Å². The number of nitrogens with zero attached hydrogens (tertiary/aromatic N) is 6. The summed E-state index contributed by atoms with van der Waals surface area (Å²) < 4.78 is 56.1. The number of anilines is 1. The maximum Gasteiger partial charge on any atom is 0.416 e. The molecule has 0 amide bonds. The quantitative estimate of drug-likeness (QED) is 0.459. The van der Waals surface area contributed by atoms with Crippen molar-refractivity contribution in [2.45, 2.75) is 39.0 Å². The minimum Gasteiger partial charge on any atom is -0.369 e. The summed E-state index contributed by atoms with van der Waals surface area (Å²) in [7, 11) is 0. The second kappa shape index (κ2) is 10.1. The molecule has 1 aliphatic rings. The molecule has 6 nitrogen and oxygen atoms in total. The average molecular weight is 477 g/mol. The Bertz CT molecular complexity index is 1090. The smallest absolute Gasteiger partial charge is 0.369 e. The first-order chi connectivity index (χ1) is 16.2. The van der Waals surface area contributed by atoms with Crippen LogP contribution >= 0.6 is 0 Å². The second-order valence-electron chi connectivity index (χ2n) is 8.94. The Morgan fingerprint density at radius 2 is 1.71 bits per heavy atom. The number of alkyl halides is 3. The van der Waals surface area contributed by atoms with E-state index in [1.165, 1.54) is 18.2 Å². The summed E-state index contributed by atoms with van der Waals surface area (Å²) in [6.45, 7) is 6.89. The van der Waals surface area contributed by atoms with Gasteiger partial charge in [0.25, 0.3) is 0 Å². The van der Waals surface area contributed by atoms with Gasteiger partial charge in [-0.1, -0.05) is 38.1 Å². The van der Waals surface area contributed by atoms with Crippen LogP contribution in [0.4, 0.5) is 23.2 Å². The molecule has 1 fully saturated rings. The SMILES string of the molecule is CC(C)CCn1nnnc1[C@H](c1ccccc1F)N1CCN(c2cccc(C(F)(F)F)c2)CC1. The number of rotatable bonds is 7. The van der Waals surface area contributed by atoms with E-state index in [9.17, 15) is 17.6 Å². The van der Waals surface area contributed by atoms with Gasteiger partial charge in [-0.2, -0.15) is 13.2 Å². The molecular formula is C24H28F4N6. The van der Waals surface area contributed by atoms with Crippen molar-refractivity contribution in [1.82, 2.24) is 25.1 Å². The van der Waals surface area contributed by atoms with Crippen molar-refractivity contribution in [3.8, 4) is 0 Å². The minimum absolute atomic E-state index is 0.341. The lowest BCUT2D eigenvalue weighted by molar-refractivity contribution is -0.137. The fourth-order valence-corrected chi connectivity index (χ4v) is 4.26. The van der Waals surface area contributed by atoms with Crippen LogP contribution in [0.3, 0.4) is 0 Å². The Morgan fingerprint density at radius 3 is 2.38 bits per heavy atom. The molecule has 0 aliphatic carbocycles. The van der Waals surface area contributed by atoms with Gasteiger partial charge in [0.05, 0.1) is 5.56 Å². The van der Waals surface area contributed by atoms with Crippen LogP contribution in [-0.4, -0.2) is 51.3 Å². The van der Waals surface area contributed by atoms with Gasteiger partial charge in [-0.25, -0.2) is 9.07 Å². The monoisotopic (exact) mass is 476 g/mol. The van der Waals surface area contributed by atoms with Crippen molar-refractivity contribution in [3.05, 3.63) is 71.3 Å². The van der Waals surface area contributed by atoms with E-state index in [2.05, 4.69) is 34.3 Å². The molecule has 3 aromatic rings. The molecular weight excluding hydrogens is 448 g/mol. The molecule has 1 aromatic heterocycles. The molecule has 2 heterocycles. The lowest BCUT2D eigenvalue weighted by Crippen LogP contribution is -2.48. The molecule has 0 unspecified atom stereocenters. The van der Waals surface area contributed by atoms with Crippen molar-refractivity contribution >= 4 is 5.69 Å². The minimum atomic E-state index is -4.39. The van der Waals surface area contributed by atoms with Crippen LogP contribution in [0.15, 0.2) is 48.5 Å². The highest BCUT2D eigenvalue weighted by molar-refractivity contribution is 5.49. The highest BCUT2D eigenvalue weighted by Crippen LogP contribution is 2.34. The van der Waals surface area contributed by atoms with Crippen molar-refractivity contribution < 1.29 is 17.6 Å². The van der Waals surface area contributed by atoms with Gasteiger partial charge in [0.1, 0.15) is 11.9 Å². The molecule has 1 aliphatic heterocycles. The Kier molecular flexibility index (Phi) is 7.16. The van der Waals surface area contributed by atoms with E-state index in [4.69, 9.17) is 0 Å². The summed E-state index contributed by atoms with van der Waals surface area (Å²) in [6, 6.07) is 11.5. The number of piperazine rings is 1. The molecule has 34 heavy (non-hydrogen) atoms. The average Bonchev–Trinajstić information content (AvgIpc) is 3.27. The van der Waals surface area contributed by atoms with E-state index >= 15 is 0 Å². The maximum atomic E-state index is 14.9. The van der Waals surface area contributed by atoms with Crippen LogP contribution in [0.25, 0.3) is 0 Å². The van der Waals surface area contributed by atoms with E-state index in [0.29, 0.717) is 55.7 Å². The predicted octanol–water partition coefficient (Wildman–Crippen LogP) is 4.79. The first-order valence-electron chi connectivity index (χ1n) is 11.4. The van der Waals surface area contributed by atoms with Gasteiger partial charge in [0, 0.05) is 44.0 Å². The fourth-order valence-electron chi connectivity index (χ4n) is 4.26. The lowest BCUT2D eigenvalue weighted by atomic mass is 10.0. The molecule has 0 saturated carbocycles. The van der Waals surface area contributed by atoms with Crippen molar-refractivity contribution in [1.29, 1.82) is 0 Å². The number of hydrogen-bond donors (Lipinski definition) is 0. The van der Waals surface area contributed by atoms with Crippen LogP contribution in [0.5, 0.6) is 0 Å². The third kappa shape index (κ3) is 5.38. The predicted molar refractivity (Wildman–Crippen MR) is 121 cm³/mol. The zero-order valence-corrected chi connectivity index (χ0v) is 19.2. The van der Waals surface area contributed by atoms with Crippen LogP contribution in [0.2, 0.25) is 0 Å². The number of tetrazole rings is 1. The molecule has 1 atom stereocenters. The standard InChI is InChI=1S/C24H28F4N6/c1-17(2)10-11-34-23(29-30-31-34)22(20-8-3-4-9-21(20)25)33-14-12-32(13-15-33)19-7-5-6-18(16-19)24(26,27)28/h3-9,16-17,22H,10-15H2,1-2H3/t22-/m0/s1. The molecule has 10 heteroatoms. The summed E-state index contributed by atoms with van der Waals surface area (Å²) >= 11 is 0. The Morgan fingerprint density at radius 1 is 0.971 bits per heavy atom. The van der Waals surface area contributed by atoms with Crippen molar-refractivity contribution in [2.24, 2.45) is 5.92 Å². The number of benzene rings is 2. The molecule has 0 bridgehead atoms. The van der Waals surface area contributed by atoms with Crippen LogP contribution < -0.4 is 4.90 Å². The Labute approximate surface area is 196 Å². The van der Waals surface area contributed by atoms with E-state index in [-0.39, 0.29) is 5.82 Å². The van der Waals surface area contributed by atoms with Gasteiger partial charge >= 0.3 is 6.18 Å². The summed E-state index contributed by atoms with van der Waals surface area (Å²) in [4.78, 5) is 4.02. The summed E-state index contributed by atoms with van der Waals surface area (Å²) in [5, 5.41) is 12.3. The molecule has 2 aromatic carbocycles. The van der Waals surface area contributed by atoms with Crippen LogP contribution in [-0.2, 0) is 12.7 Å². The molecule has 182 valence electrons. The molecule has 1 saturated heterocycles. The zero-order chi connectivity index (χ0) is 24.3. The van der Waals surface area contributed by atoms with Gasteiger partial charge in [0.15, 0.2) is 5.82 Å². The van der Waals surface area contributed by atoms with Gasteiger partial charge in [-0.15, -0.1) is 5.10 Å². The third-order valence-electron chi connectivity index (χ3n) is 6.14. The molecule has 0 spiro atoms. The first kappa shape index (κ1) is 24.1. The highest BCUT2D eigenvalue weighted by Gasteiger charge is 2.34. The van der Waals surface area contributed by atoms with Crippen molar-refractivity contribution in [2.75, 3.05) is 31.1 Å². The van der Waals surface area contributed by atoms with Gasteiger partial charge in [0.2, 0.25) is 0 Å². The zero-order valence-electron chi connectivity index (χ0n) is 19.2. The van der Waals surface area contributed by atoms with Gasteiger partial charge < -0.3 is 4.90 Å².